The van der Waals surface area contributed by atoms with Crippen LogP contribution in [0.2, 0.25) is 0 Å². The normalized spacial score (nSPS) is 27.0. The van der Waals surface area contributed by atoms with E-state index in [0.29, 0.717) is 0 Å². The van der Waals surface area contributed by atoms with Crippen molar-refractivity contribution in [3.05, 3.63) is 0 Å². The maximum Gasteiger partial charge on any atom is -0.00200 e. The predicted octanol–water partition coefficient (Wildman–Crippen LogP) is 0.335. The summed E-state index contributed by atoms with van der Waals surface area (Å²) in [6.45, 7) is 3.30. The van der Waals surface area contributed by atoms with Gasteiger partial charge >= 0.3 is 0 Å². The molecule has 0 radical (unpaired) electrons. The second-order valence-corrected chi connectivity index (χ2v) is 2.79. The molecule has 54 valence electrons. The summed E-state index contributed by atoms with van der Waals surface area (Å²) in [5.74, 6) is 0.925. The molecule has 2 nitrogen and oxygen atoms in total. The largest absolute Gasteiger partial charge is 0.330 e. The molecule has 2 heteroatoms. The zero-order chi connectivity index (χ0) is 6.53. The molecule has 1 aliphatic rings. The Morgan fingerprint density at radius 1 is 1.56 bits per heavy atom. The molecule has 0 aliphatic carbocycles. The summed E-state index contributed by atoms with van der Waals surface area (Å²) in [5, 5.41) is 3.34. The van der Waals surface area contributed by atoms with Crippen molar-refractivity contribution in [1.82, 2.24) is 5.32 Å². The Morgan fingerprint density at radius 3 is 3.00 bits per heavy atom. The lowest BCUT2D eigenvalue weighted by atomic mass is 10.0. The molecular formula is C7H16N2. The van der Waals surface area contributed by atoms with Crippen molar-refractivity contribution in [2.24, 2.45) is 11.7 Å². The van der Waals surface area contributed by atoms with E-state index in [9.17, 15) is 0 Å². The second-order valence-electron chi connectivity index (χ2n) is 2.79. The molecule has 0 bridgehead atoms. The summed E-state index contributed by atoms with van der Waals surface area (Å²) in [6, 6.07) is 0. The van der Waals surface area contributed by atoms with Crippen LogP contribution in [-0.4, -0.2) is 19.6 Å². The molecule has 0 spiro atoms. The summed E-state index contributed by atoms with van der Waals surface area (Å²) in [6.07, 6.45) is 3.88. The van der Waals surface area contributed by atoms with Gasteiger partial charge in [-0.2, -0.15) is 0 Å². The molecular weight excluding hydrogens is 112 g/mol. The molecule has 1 saturated heterocycles. The van der Waals surface area contributed by atoms with E-state index >= 15 is 0 Å². The molecule has 1 rings (SSSR count). The van der Waals surface area contributed by atoms with Gasteiger partial charge in [-0.1, -0.05) is 0 Å². The molecule has 1 atom stereocenters. The average Bonchev–Trinajstić information content (AvgIpc) is 2.34. The number of nitrogens with one attached hydrogen (secondary N) is 1. The van der Waals surface area contributed by atoms with Crippen LogP contribution in [-0.2, 0) is 0 Å². The van der Waals surface area contributed by atoms with Crippen LogP contribution in [0.5, 0.6) is 0 Å². The first-order valence-electron chi connectivity index (χ1n) is 3.84. The quantitative estimate of drug-likeness (QED) is 0.575. The van der Waals surface area contributed by atoms with Gasteiger partial charge in [0.1, 0.15) is 0 Å². The number of rotatable bonds is 3. The Morgan fingerprint density at radius 2 is 2.44 bits per heavy atom. The molecule has 1 fully saturated rings. The fourth-order valence-electron chi connectivity index (χ4n) is 1.37. The summed E-state index contributed by atoms with van der Waals surface area (Å²) >= 11 is 0. The van der Waals surface area contributed by atoms with Gasteiger partial charge in [0.25, 0.3) is 0 Å². The minimum atomic E-state index is 0.858. The fourth-order valence-corrected chi connectivity index (χ4v) is 1.37. The van der Waals surface area contributed by atoms with E-state index in [1.54, 1.807) is 0 Å². The predicted molar refractivity (Wildman–Crippen MR) is 39.3 cm³/mol. The standard InChI is InChI=1S/C7H16N2/c8-4-1-2-7-3-5-9-6-7/h7,9H,1-6,8H2/t7-/m1/s1. The van der Waals surface area contributed by atoms with E-state index in [1.165, 1.54) is 32.4 Å². The van der Waals surface area contributed by atoms with E-state index in [1.807, 2.05) is 0 Å². The number of hydrogen-bond donors (Lipinski definition) is 2. The zero-order valence-corrected chi connectivity index (χ0v) is 5.90. The second kappa shape index (κ2) is 3.85. The molecule has 0 saturated carbocycles. The van der Waals surface area contributed by atoms with Crippen molar-refractivity contribution < 1.29 is 0 Å². The van der Waals surface area contributed by atoms with Crippen LogP contribution in [0.1, 0.15) is 19.3 Å². The molecule has 1 heterocycles. The molecule has 0 aromatic heterocycles. The highest BCUT2D eigenvalue weighted by atomic mass is 14.9. The fraction of sp³-hybridized carbons (Fsp3) is 1.00. The Hall–Kier alpha value is -0.0800. The van der Waals surface area contributed by atoms with E-state index in [2.05, 4.69) is 5.32 Å². The van der Waals surface area contributed by atoms with E-state index in [4.69, 9.17) is 5.73 Å². The van der Waals surface area contributed by atoms with Crippen molar-refractivity contribution in [3.63, 3.8) is 0 Å². The van der Waals surface area contributed by atoms with Gasteiger partial charge in [-0.15, -0.1) is 0 Å². The first kappa shape index (κ1) is 7.03. The maximum atomic E-state index is 5.39. The van der Waals surface area contributed by atoms with Crippen molar-refractivity contribution in [3.8, 4) is 0 Å². The van der Waals surface area contributed by atoms with Crippen LogP contribution in [0.25, 0.3) is 0 Å². The van der Waals surface area contributed by atoms with E-state index in [0.717, 1.165) is 12.5 Å². The summed E-state index contributed by atoms with van der Waals surface area (Å²) in [5.41, 5.74) is 5.39. The van der Waals surface area contributed by atoms with Gasteiger partial charge in [-0.05, 0) is 44.8 Å². The molecule has 0 aromatic rings. The average molecular weight is 128 g/mol. The molecule has 0 aromatic carbocycles. The number of hydrogen-bond acceptors (Lipinski definition) is 2. The van der Waals surface area contributed by atoms with Crippen molar-refractivity contribution >= 4 is 0 Å². The summed E-state index contributed by atoms with van der Waals surface area (Å²) in [7, 11) is 0. The Balaban J connectivity index is 1.98. The lowest BCUT2D eigenvalue weighted by molar-refractivity contribution is 0.514. The maximum absolute atomic E-state index is 5.39. The van der Waals surface area contributed by atoms with Crippen molar-refractivity contribution in [2.45, 2.75) is 19.3 Å². The minimum absolute atomic E-state index is 0.858. The van der Waals surface area contributed by atoms with Crippen LogP contribution in [0.3, 0.4) is 0 Å². The smallest absolute Gasteiger partial charge is 0.00200 e. The first-order chi connectivity index (χ1) is 4.43. The Kier molecular flexibility index (Phi) is 3.01. The molecule has 0 unspecified atom stereocenters. The third-order valence-corrected chi connectivity index (χ3v) is 1.98. The van der Waals surface area contributed by atoms with Crippen molar-refractivity contribution in [1.29, 1.82) is 0 Å². The summed E-state index contributed by atoms with van der Waals surface area (Å²) < 4.78 is 0. The van der Waals surface area contributed by atoms with Crippen LogP contribution in [0.15, 0.2) is 0 Å². The van der Waals surface area contributed by atoms with Crippen molar-refractivity contribution in [2.75, 3.05) is 19.6 Å². The van der Waals surface area contributed by atoms with Crippen LogP contribution in [0.4, 0.5) is 0 Å². The van der Waals surface area contributed by atoms with Gasteiger partial charge in [0.15, 0.2) is 0 Å². The third-order valence-electron chi connectivity index (χ3n) is 1.98. The van der Waals surface area contributed by atoms with Crippen LogP contribution >= 0.6 is 0 Å². The topological polar surface area (TPSA) is 38.0 Å². The minimum Gasteiger partial charge on any atom is -0.330 e. The van der Waals surface area contributed by atoms with Gasteiger partial charge in [-0.3, -0.25) is 0 Å². The Bertz CT molecular complexity index is 67.3. The summed E-state index contributed by atoms with van der Waals surface area (Å²) in [4.78, 5) is 0. The van der Waals surface area contributed by atoms with Gasteiger partial charge in [-0.25, -0.2) is 0 Å². The lowest BCUT2D eigenvalue weighted by Crippen LogP contribution is -2.10. The monoisotopic (exact) mass is 128 g/mol. The highest BCUT2D eigenvalue weighted by Gasteiger charge is 2.12. The van der Waals surface area contributed by atoms with Gasteiger partial charge in [0.2, 0.25) is 0 Å². The molecule has 3 N–H and O–H groups in total. The molecule has 9 heavy (non-hydrogen) atoms. The highest BCUT2D eigenvalue weighted by Crippen LogP contribution is 2.12. The third kappa shape index (κ3) is 2.33. The number of nitrogens with two attached hydrogens (primary N) is 1. The van der Waals surface area contributed by atoms with Gasteiger partial charge in [0, 0.05) is 0 Å². The molecule has 1 aliphatic heterocycles. The van der Waals surface area contributed by atoms with E-state index in [-0.39, 0.29) is 0 Å². The molecule has 0 amide bonds. The van der Waals surface area contributed by atoms with Gasteiger partial charge in [0.05, 0.1) is 0 Å². The highest BCUT2D eigenvalue weighted by molar-refractivity contribution is 4.70. The first-order valence-corrected chi connectivity index (χ1v) is 3.84. The Labute approximate surface area is 56.8 Å². The zero-order valence-electron chi connectivity index (χ0n) is 5.90. The van der Waals surface area contributed by atoms with E-state index < -0.39 is 0 Å². The lowest BCUT2D eigenvalue weighted by Gasteiger charge is -2.04. The SMILES string of the molecule is NCCC[C@@H]1CCNC1. The van der Waals surface area contributed by atoms with Gasteiger partial charge < -0.3 is 11.1 Å². The van der Waals surface area contributed by atoms with Crippen LogP contribution in [0, 0.1) is 5.92 Å². The van der Waals surface area contributed by atoms with Crippen LogP contribution < -0.4 is 11.1 Å².